The molecule has 7 heteroatoms. The van der Waals surface area contributed by atoms with E-state index in [0.717, 1.165) is 0 Å². The number of rotatable bonds is 2. The predicted molar refractivity (Wildman–Crippen MR) is 58.4 cm³/mol. The largest absolute Gasteiger partial charge is 0.433 e. The molecule has 92 valence electrons. The van der Waals surface area contributed by atoms with Crippen LogP contribution < -0.4 is 5.73 Å². The highest BCUT2D eigenvalue weighted by molar-refractivity contribution is 5.92. The number of amides is 1. The Morgan fingerprint density at radius 2 is 2.29 bits per heavy atom. The van der Waals surface area contributed by atoms with E-state index < -0.39 is 10.8 Å². The lowest BCUT2D eigenvalue weighted by Gasteiger charge is -2.13. The summed E-state index contributed by atoms with van der Waals surface area (Å²) in [6, 6.07) is 2.44. The fourth-order valence-corrected chi connectivity index (χ4v) is 1.85. The van der Waals surface area contributed by atoms with Crippen LogP contribution in [0.15, 0.2) is 16.5 Å². The molecule has 0 radical (unpaired) electrons. The van der Waals surface area contributed by atoms with Crippen molar-refractivity contribution < 1.29 is 14.1 Å². The standard InChI is InChI=1S/C10H13N3O4/c1-6-4-12(5-7(6)11)10(14)8-2-3-9(17-8)13(15)16/h2-3,6-7H,4-5,11H2,1H3. The van der Waals surface area contributed by atoms with E-state index in [9.17, 15) is 14.9 Å². The predicted octanol–water partition coefficient (Wildman–Crippen LogP) is 0.607. The van der Waals surface area contributed by atoms with E-state index in [4.69, 9.17) is 10.2 Å². The third kappa shape index (κ3) is 2.14. The maximum Gasteiger partial charge on any atom is 0.433 e. The van der Waals surface area contributed by atoms with Crippen molar-refractivity contribution >= 4 is 11.8 Å². The Balaban J connectivity index is 2.12. The maximum atomic E-state index is 11.9. The van der Waals surface area contributed by atoms with Crippen molar-refractivity contribution in [1.29, 1.82) is 0 Å². The van der Waals surface area contributed by atoms with Crippen LogP contribution in [0.25, 0.3) is 0 Å². The third-order valence-electron chi connectivity index (χ3n) is 2.94. The molecule has 2 heterocycles. The molecule has 1 saturated heterocycles. The van der Waals surface area contributed by atoms with Crippen molar-refractivity contribution in [1.82, 2.24) is 4.90 Å². The number of carbonyl (C=O) groups is 1. The Morgan fingerprint density at radius 3 is 2.76 bits per heavy atom. The number of nitrogens with zero attached hydrogens (tertiary/aromatic N) is 2. The van der Waals surface area contributed by atoms with Gasteiger partial charge >= 0.3 is 5.88 Å². The van der Waals surface area contributed by atoms with E-state index in [1.165, 1.54) is 12.1 Å². The van der Waals surface area contributed by atoms with E-state index in [1.807, 2.05) is 6.92 Å². The average molecular weight is 239 g/mol. The van der Waals surface area contributed by atoms with Crippen LogP contribution >= 0.6 is 0 Å². The molecule has 17 heavy (non-hydrogen) atoms. The van der Waals surface area contributed by atoms with Crippen LogP contribution in [0.4, 0.5) is 5.88 Å². The molecule has 0 aliphatic carbocycles. The Morgan fingerprint density at radius 1 is 1.59 bits per heavy atom. The normalized spacial score (nSPS) is 24.0. The van der Waals surface area contributed by atoms with Gasteiger partial charge in [-0.05, 0) is 12.0 Å². The van der Waals surface area contributed by atoms with Gasteiger partial charge in [0.1, 0.15) is 4.92 Å². The average Bonchev–Trinajstić information content (AvgIpc) is 2.86. The first-order valence-corrected chi connectivity index (χ1v) is 5.28. The van der Waals surface area contributed by atoms with Crippen molar-refractivity contribution in [3.05, 3.63) is 28.0 Å². The fraction of sp³-hybridized carbons (Fsp3) is 0.500. The molecule has 1 fully saturated rings. The van der Waals surface area contributed by atoms with Gasteiger partial charge in [0.25, 0.3) is 5.91 Å². The van der Waals surface area contributed by atoms with Gasteiger partial charge in [-0.3, -0.25) is 14.9 Å². The minimum Gasteiger partial charge on any atom is -0.395 e. The highest BCUT2D eigenvalue weighted by Gasteiger charge is 2.32. The molecular formula is C10H13N3O4. The summed E-state index contributed by atoms with van der Waals surface area (Å²) in [5.41, 5.74) is 5.81. The number of hydrogen-bond acceptors (Lipinski definition) is 5. The zero-order valence-electron chi connectivity index (χ0n) is 9.33. The van der Waals surface area contributed by atoms with Crippen LogP contribution in [0, 0.1) is 16.0 Å². The second kappa shape index (κ2) is 4.17. The molecule has 2 N–H and O–H groups in total. The van der Waals surface area contributed by atoms with Crippen molar-refractivity contribution in [2.75, 3.05) is 13.1 Å². The van der Waals surface area contributed by atoms with E-state index in [0.29, 0.717) is 13.1 Å². The summed E-state index contributed by atoms with van der Waals surface area (Å²) < 4.78 is 4.86. The molecule has 0 spiro atoms. The van der Waals surface area contributed by atoms with E-state index in [2.05, 4.69) is 0 Å². The lowest BCUT2D eigenvalue weighted by Crippen LogP contribution is -2.31. The topological polar surface area (TPSA) is 103 Å². The number of furan rings is 1. The lowest BCUT2D eigenvalue weighted by molar-refractivity contribution is -0.402. The third-order valence-corrected chi connectivity index (χ3v) is 2.94. The number of nitro groups is 1. The molecule has 2 unspecified atom stereocenters. The van der Waals surface area contributed by atoms with Crippen LogP contribution in [0.5, 0.6) is 0 Å². The number of likely N-dealkylation sites (tertiary alicyclic amines) is 1. The zero-order chi connectivity index (χ0) is 12.6. The number of carbonyl (C=O) groups excluding carboxylic acids is 1. The Labute approximate surface area is 97.3 Å². The van der Waals surface area contributed by atoms with Gasteiger partial charge in [0.2, 0.25) is 0 Å². The van der Waals surface area contributed by atoms with Crippen LogP contribution in [0.2, 0.25) is 0 Å². The van der Waals surface area contributed by atoms with Gasteiger partial charge in [0.15, 0.2) is 5.76 Å². The van der Waals surface area contributed by atoms with Crippen molar-refractivity contribution in [2.24, 2.45) is 11.7 Å². The summed E-state index contributed by atoms with van der Waals surface area (Å²) in [6.45, 7) is 2.96. The number of nitrogens with two attached hydrogens (primary N) is 1. The first-order chi connectivity index (χ1) is 7.99. The first-order valence-electron chi connectivity index (χ1n) is 5.28. The quantitative estimate of drug-likeness (QED) is 0.601. The highest BCUT2D eigenvalue weighted by atomic mass is 16.6. The summed E-state index contributed by atoms with van der Waals surface area (Å²) in [7, 11) is 0. The number of hydrogen-bond donors (Lipinski definition) is 1. The second-order valence-electron chi connectivity index (χ2n) is 4.25. The zero-order valence-corrected chi connectivity index (χ0v) is 9.33. The fourth-order valence-electron chi connectivity index (χ4n) is 1.85. The van der Waals surface area contributed by atoms with Gasteiger partial charge in [-0.2, -0.15) is 0 Å². The SMILES string of the molecule is CC1CN(C(=O)c2ccc([N+](=O)[O-])o2)CC1N. The van der Waals surface area contributed by atoms with Gasteiger partial charge in [-0.25, -0.2) is 0 Å². The van der Waals surface area contributed by atoms with Gasteiger partial charge in [0.05, 0.1) is 6.07 Å². The van der Waals surface area contributed by atoms with E-state index in [1.54, 1.807) is 4.90 Å². The van der Waals surface area contributed by atoms with Crippen LogP contribution in [-0.4, -0.2) is 34.9 Å². The van der Waals surface area contributed by atoms with Crippen molar-refractivity contribution in [3.8, 4) is 0 Å². The van der Waals surface area contributed by atoms with Crippen LogP contribution in [0.1, 0.15) is 17.5 Å². The molecule has 1 aliphatic rings. The van der Waals surface area contributed by atoms with Gasteiger partial charge < -0.3 is 15.1 Å². The molecule has 2 rings (SSSR count). The Hall–Kier alpha value is -1.89. The lowest BCUT2D eigenvalue weighted by atomic mass is 10.1. The molecule has 1 amide bonds. The first kappa shape index (κ1) is 11.6. The van der Waals surface area contributed by atoms with Crippen LogP contribution in [-0.2, 0) is 0 Å². The van der Waals surface area contributed by atoms with Crippen molar-refractivity contribution in [3.63, 3.8) is 0 Å². The van der Waals surface area contributed by atoms with E-state index in [-0.39, 0.29) is 23.6 Å². The second-order valence-corrected chi connectivity index (χ2v) is 4.25. The molecule has 0 aromatic carbocycles. The molecule has 0 bridgehead atoms. The molecular weight excluding hydrogens is 226 g/mol. The minimum absolute atomic E-state index is 0.0157. The molecule has 1 aliphatic heterocycles. The van der Waals surface area contributed by atoms with Gasteiger partial charge in [-0.1, -0.05) is 6.92 Å². The molecule has 0 saturated carbocycles. The Bertz CT molecular complexity index is 446. The molecule has 1 aromatic rings. The molecule has 7 nitrogen and oxygen atoms in total. The summed E-state index contributed by atoms with van der Waals surface area (Å²) in [5, 5.41) is 10.4. The molecule has 2 atom stereocenters. The summed E-state index contributed by atoms with van der Waals surface area (Å²) >= 11 is 0. The smallest absolute Gasteiger partial charge is 0.395 e. The van der Waals surface area contributed by atoms with Crippen molar-refractivity contribution in [2.45, 2.75) is 13.0 Å². The Kier molecular flexibility index (Phi) is 2.84. The highest BCUT2D eigenvalue weighted by Crippen LogP contribution is 2.21. The summed E-state index contributed by atoms with van der Waals surface area (Å²) in [4.78, 5) is 23.2. The van der Waals surface area contributed by atoms with Gasteiger partial charge in [0, 0.05) is 19.1 Å². The van der Waals surface area contributed by atoms with Crippen LogP contribution in [0.3, 0.4) is 0 Å². The summed E-state index contributed by atoms with van der Waals surface area (Å²) in [5.74, 6) is -0.565. The van der Waals surface area contributed by atoms with Gasteiger partial charge in [-0.15, -0.1) is 0 Å². The maximum absolute atomic E-state index is 11.9. The molecule has 1 aromatic heterocycles. The van der Waals surface area contributed by atoms with E-state index >= 15 is 0 Å². The monoisotopic (exact) mass is 239 g/mol. The minimum atomic E-state index is -0.672. The summed E-state index contributed by atoms with van der Waals surface area (Å²) in [6.07, 6.45) is 0.